The summed E-state index contributed by atoms with van der Waals surface area (Å²) < 4.78 is 11.2. The first-order valence-electron chi connectivity index (χ1n) is 6.40. The quantitative estimate of drug-likeness (QED) is 0.599. The largest absolute Gasteiger partial charge is 0.491 e. The van der Waals surface area contributed by atoms with Crippen molar-refractivity contribution in [3.8, 4) is 5.75 Å². The maximum atomic E-state index is 10.5. The molecular weight excluding hydrogens is 248 g/mol. The van der Waals surface area contributed by atoms with Gasteiger partial charge in [0.1, 0.15) is 18.5 Å². The van der Waals surface area contributed by atoms with Crippen LogP contribution in [0.4, 0.5) is 5.69 Å². The Bertz CT molecular complexity index is 421. The van der Waals surface area contributed by atoms with E-state index in [1.165, 1.54) is 12.1 Å². The lowest BCUT2D eigenvalue weighted by atomic mass is 10.3. The molecule has 1 aromatic rings. The number of morpholine rings is 1. The van der Waals surface area contributed by atoms with Gasteiger partial charge in [-0.25, -0.2) is 0 Å². The van der Waals surface area contributed by atoms with Crippen LogP contribution in [0.25, 0.3) is 0 Å². The molecule has 0 aliphatic carbocycles. The number of likely N-dealkylation sites (N-methyl/N-ethyl adjacent to an activating group) is 1. The van der Waals surface area contributed by atoms with Crippen LogP contribution in [0.1, 0.15) is 6.92 Å². The average Bonchev–Trinajstić information content (AvgIpc) is 2.46. The van der Waals surface area contributed by atoms with E-state index in [1.54, 1.807) is 12.1 Å². The summed E-state index contributed by atoms with van der Waals surface area (Å²) in [6, 6.07) is 6.10. The third kappa shape index (κ3) is 3.90. The van der Waals surface area contributed by atoms with Gasteiger partial charge in [-0.3, -0.25) is 15.0 Å². The van der Waals surface area contributed by atoms with Crippen LogP contribution in [0.5, 0.6) is 5.75 Å². The standard InChI is InChI=1S/C13H18N2O4/c1-2-14-7-8-18-13(9-14)10-19-12-5-3-11(4-6-12)15(16)17/h3-6,13H,2,7-10H2,1H3/t13-/m1/s1. The molecule has 6 nitrogen and oxygen atoms in total. The molecule has 0 N–H and O–H groups in total. The zero-order valence-corrected chi connectivity index (χ0v) is 10.9. The number of nitrogens with zero attached hydrogens (tertiary/aromatic N) is 2. The molecule has 6 heteroatoms. The molecule has 0 spiro atoms. The molecule has 0 saturated carbocycles. The van der Waals surface area contributed by atoms with Gasteiger partial charge < -0.3 is 9.47 Å². The van der Waals surface area contributed by atoms with Crippen molar-refractivity contribution >= 4 is 5.69 Å². The van der Waals surface area contributed by atoms with Crippen molar-refractivity contribution in [3.63, 3.8) is 0 Å². The monoisotopic (exact) mass is 266 g/mol. The van der Waals surface area contributed by atoms with Crippen LogP contribution in [-0.2, 0) is 4.74 Å². The molecule has 0 aromatic heterocycles. The molecule has 1 saturated heterocycles. The molecule has 19 heavy (non-hydrogen) atoms. The van der Waals surface area contributed by atoms with Crippen molar-refractivity contribution < 1.29 is 14.4 Å². The van der Waals surface area contributed by atoms with E-state index in [9.17, 15) is 10.1 Å². The van der Waals surface area contributed by atoms with Gasteiger partial charge in [-0.1, -0.05) is 6.92 Å². The van der Waals surface area contributed by atoms with E-state index >= 15 is 0 Å². The van der Waals surface area contributed by atoms with Crippen molar-refractivity contribution in [1.82, 2.24) is 4.90 Å². The van der Waals surface area contributed by atoms with Crippen LogP contribution in [0, 0.1) is 10.1 Å². The predicted molar refractivity (Wildman–Crippen MR) is 70.4 cm³/mol. The summed E-state index contributed by atoms with van der Waals surface area (Å²) in [6.07, 6.45) is 0.0592. The highest BCUT2D eigenvalue weighted by Gasteiger charge is 2.19. The Morgan fingerprint density at radius 2 is 2.21 bits per heavy atom. The van der Waals surface area contributed by atoms with Gasteiger partial charge in [0, 0.05) is 25.2 Å². The first kappa shape index (κ1) is 13.8. The second-order valence-corrected chi connectivity index (χ2v) is 4.45. The summed E-state index contributed by atoms with van der Waals surface area (Å²) in [5.41, 5.74) is 0.0680. The van der Waals surface area contributed by atoms with Crippen LogP contribution in [0.3, 0.4) is 0 Å². The van der Waals surface area contributed by atoms with Crippen LogP contribution < -0.4 is 4.74 Å². The first-order valence-corrected chi connectivity index (χ1v) is 6.40. The Hall–Kier alpha value is -1.66. The third-order valence-corrected chi connectivity index (χ3v) is 3.15. The lowest BCUT2D eigenvalue weighted by Gasteiger charge is -2.31. The third-order valence-electron chi connectivity index (χ3n) is 3.15. The second kappa shape index (κ2) is 6.49. The summed E-state index contributed by atoms with van der Waals surface area (Å²) in [7, 11) is 0. The molecule has 2 rings (SSSR count). The van der Waals surface area contributed by atoms with Crippen LogP contribution >= 0.6 is 0 Å². The van der Waals surface area contributed by atoms with Gasteiger partial charge in [-0.2, -0.15) is 0 Å². The van der Waals surface area contributed by atoms with E-state index in [0.717, 1.165) is 26.2 Å². The summed E-state index contributed by atoms with van der Waals surface area (Å²) in [5.74, 6) is 0.628. The molecular formula is C13H18N2O4. The number of hydrogen-bond donors (Lipinski definition) is 0. The van der Waals surface area contributed by atoms with Crippen molar-refractivity contribution in [1.29, 1.82) is 0 Å². The molecule has 0 radical (unpaired) electrons. The lowest BCUT2D eigenvalue weighted by Crippen LogP contribution is -2.44. The normalized spacial score (nSPS) is 20.2. The minimum absolute atomic E-state index is 0.0592. The number of nitro benzene ring substituents is 1. The number of rotatable bonds is 5. The molecule has 1 heterocycles. The van der Waals surface area contributed by atoms with Crippen LogP contribution in [0.15, 0.2) is 24.3 Å². The number of benzene rings is 1. The van der Waals surface area contributed by atoms with Crippen molar-refractivity contribution in [2.45, 2.75) is 13.0 Å². The Labute approximate surface area is 112 Å². The highest BCUT2D eigenvalue weighted by Crippen LogP contribution is 2.18. The second-order valence-electron chi connectivity index (χ2n) is 4.45. The van der Waals surface area contributed by atoms with E-state index in [0.29, 0.717) is 12.4 Å². The first-order chi connectivity index (χ1) is 9.19. The van der Waals surface area contributed by atoms with Gasteiger partial charge in [0.25, 0.3) is 5.69 Å². The molecule has 1 atom stereocenters. The number of hydrogen-bond acceptors (Lipinski definition) is 5. The van der Waals surface area contributed by atoms with E-state index in [2.05, 4.69) is 11.8 Å². The van der Waals surface area contributed by atoms with Gasteiger partial charge in [0.15, 0.2) is 0 Å². The fraction of sp³-hybridized carbons (Fsp3) is 0.538. The van der Waals surface area contributed by atoms with Crippen LogP contribution in [-0.4, -0.2) is 48.8 Å². The minimum Gasteiger partial charge on any atom is -0.491 e. The van der Waals surface area contributed by atoms with Gasteiger partial charge in [0.05, 0.1) is 11.5 Å². The molecule has 1 aliphatic heterocycles. The average molecular weight is 266 g/mol. The lowest BCUT2D eigenvalue weighted by molar-refractivity contribution is -0.384. The van der Waals surface area contributed by atoms with Crippen molar-refractivity contribution in [2.24, 2.45) is 0 Å². The molecule has 0 unspecified atom stereocenters. The van der Waals surface area contributed by atoms with Crippen LogP contribution in [0.2, 0.25) is 0 Å². The summed E-state index contributed by atoms with van der Waals surface area (Å²) >= 11 is 0. The topological polar surface area (TPSA) is 64.8 Å². The Balaban J connectivity index is 1.83. The molecule has 0 bridgehead atoms. The summed E-state index contributed by atoms with van der Waals surface area (Å²) in [6.45, 7) is 6.15. The minimum atomic E-state index is -0.423. The Morgan fingerprint density at radius 1 is 1.47 bits per heavy atom. The molecule has 104 valence electrons. The van der Waals surface area contributed by atoms with E-state index in [1.807, 2.05) is 0 Å². The predicted octanol–water partition coefficient (Wildman–Crippen LogP) is 1.69. The number of ether oxygens (including phenoxy) is 2. The number of non-ortho nitro benzene ring substituents is 1. The zero-order valence-electron chi connectivity index (χ0n) is 10.9. The van der Waals surface area contributed by atoms with Gasteiger partial charge in [0.2, 0.25) is 0 Å². The van der Waals surface area contributed by atoms with Crippen molar-refractivity contribution in [3.05, 3.63) is 34.4 Å². The molecule has 1 aliphatic rings. The highest BCUT2D eigenvalue weighted by molar-refractivity contribution is 5.35. The SMILES string of the molecule is CCN1CCO[C@@H](COc2ccc([N+](=O)[O-])cc2)C1. The smallest absolute Gasteiger partial charge is 0.269 e. The van der Waals surface area contributed by atoms with Gasteiger partial charge in [-0.05, 0) is 18.7 Å². The molecule has 1 aromatic carbocycles. The fourth-order valence-corrected chi connectivity index (χ4v) is 2.02. The summed E-state index contributed by atoms with van der Waals surface area (Å²) in [5, 5.41) is 10.5. The molecule has 0 amide bonds. The van der Waals surface area contributed by atoms with Gasteiger partial charge >= 0.3 is 0 Å². The van der Waals surface area contributed by atoms with E-state index in [-0.39, 0.29) is 11.8 Å². The Morgan fingerprint density at radius 3 is 2.84 bits per heavy atom. The van der Waals surface area contributed by atoms with Gasteiger partial charge in [-0.15, -0.1) is 0 Å². The maximum absolute atomic E-state index is 10.5. The highest BCUT2D eigenvalue weighted by atomic mass is 16.6. The fourth-order valence-electron chi connectivity index (χ4n) is 2.02. The maximum Gasteiger partial charge on any atom is 0.269 e. The number of nitro groups is 1. The zero-order chi connectivity index (χ0) is 13.7. The summed E-state index contributed by atoms with van der Waals surface area (Å²) in [4.78, 5) is 12.4. The van der Waals surface area contributed by atoms with Crippen molar-refractivity contribution in [2.75, 3.05) is 32.8 Å². The van der Waals surface area contributed by atoms with E-state index < -0.39 is 4.92 Å². The molecule has 1 fully saturated rings. The Kier molecular flexibility index (Phi) is 4.70. The van der Waals surface area contributed by atoms with E-state index in [4.69, 9.17) is 9.47 Å².